The summed E-state index contributed by atoms with van der Waals surface area (Å²) in [5.74, 6) is 0.425. The molecule has 0 radical (unpaired) electrons. The summed E-state index contributed by atoms with van der Waals surface area (Å²) in [5, 5.41) is 3.08. The van der Waals surface area contributed by atoms with E-state index in [9.17, 15) is 9.59 Å². The van der Waals surface area contributed by atoms with Gasteiger partial charge in [0.15, 0.2) is 0 Å². The van der Waals surface area contributed by atoms with Gasteiger partial charge in [-0.05, 0) is 49.2 Å². The van der Waals surface area contributed by atoms with Crippen molar-refractivity contribution >= 4 is 23.6 Å². The summed E-state index contributed by atoms with van der Waals surface area (Å²) in [7, 11) is 0. The average Bonchev–Trinajstić information content (AvgIpc) is 3.35. The summed E-state index contributed by atoms with van der Waals surface area (Å²) >= 11 is 1.45. The van der Waals surface area contributed by atoms with E-state index >= 15 is 0 Å². The first-order valence-corrected chi connectivity index (χ1v) is 12.2. The number of carbonyl (C=O) groups excluding carboxylic acids is 2. The van der Waals surface area contributed by atoms with Crippen LogP contribution in [0.4, 0.5) is 0 Å². The molecule has 0 atom stereocenters. The second-order valence-electron chi connectivity index (χ2n) is 7.79. The molecule has 1 fully saturated rings. The van der Waals surface area contributed by atoms with Gasteiger partial charge in [0.05, 0.1) is 11.3 Å². The van der Waals surface area contributed by atoms with Crippen LogP contribution in [-0.2, 0) is 17.9 Å². The first kappa shape index (κ1) is 23.4. The monoisotopic (exact) mass is 439 g/mol. The molecular weight excluding hydrogens is 406 g/mol. The number of benzene rings is 2. The summed E-state index contributed by atoms with van der Waals surface area (Å²) in [6, 6.07) is 15.8. The van der Waals surface area contributed by atoms with Crippen molar-refractivity contribution < 1.29 is 9.59 Å². The lowest BCUT2D eigenvalue weighted by molar-refractivity contribution is -0.127. The molecule has 1 aliphatic heterocycles. The molecule has 0 saturated carbocycles. The number of carbonyl (C=O) groups is 2. The van der Waals surface area contributed by atoms with Gasteiger partial charge in [0, 0.05) is 31.1 Å². The highest BCUT2D eigenvalue weighted by atomic mass is 32.2. The number of nitrogens with zero attached hydrogens (tertiary/aromatic N) is 2. The summed E-state index contributed by atoms with van der Waals surface area (Å²) in [5.41, 5.74) is 3.01. The van der Waals surface area contributed by atoms with E-state index in [2.05, 4.69) is 36.2 Å². The lowest BCUT2D eigenvalue weighted by Gasteiger charge is -2.20. The van der Waals surface area contributed by atoms with Crippen molar-refractivity contribution in [2.45, 2.75) is 44.7 Å². The van der Waals surface area contributed by atoms with Crippen molar-refractivity contribution in [2.24, 2.45) is 0 Å². The standard InChI is InChI=1S/C25H33N3O2S/c1-3-27(4-2)18-21-12-6-5-11-20(21)17-26-25(30)22-13-7-8-14-23(22)31-19-24(29)28-15-9-10-16-28/h5-8,11-14H,3-4,9-10,15-19H2,1-2H3,(H,26,30). The van der Waals surface area contributed by atoms with Gasteiger partial charge in [0.1, 0.15) is 0 Å². The quantitative estimate of drug-likeness (QED) is 0.565. The number of rotatable bonds is 10. The van der Waals surface area contributed by atoms with Gasteiger partial charge >= 0.3 is 0 Å². The van der Waals surface area contributed by atoms with Crippen LogP contribution in [0.15, 0.2) is 53.4 Å². The van der Waals surface area contributed by atoms with Crippen LogP contribution in [0.1, 0.15) is 48.2 Å². The number of amides is 2. The maximum Gasteiger partial charge on any atom is 0.252 e. The van der Waals surface area contributed by atoms with Gasteiger partial charge in [-0.15, -0.1) is 11.8 Å². The van der Waals surface area contributed by atoms with Crippen molar-refractivity contribution in [3.8, 4) is 0 Å². The normalized spacial score (nSPS) is 13.6. The van der Waals surface area contributed by atoms with Crippen LogP contribution in [0.3, 0.4) is 0 Å². The van der Waals surface area contributed by atoms with Crippen LogP contribution in [0, 0.1) is 0 Å². The smallest absolute Gasteiger partial charge is 0.252 e. The first-order chi connectivity index (χ1) is 15.1. The molecule has 0 bridgehead atoms. The minimum absolute atomic E-state index is 0.102. The molecule has 2 aromatic carbocycles. The van der Waals surface area contributed by atoms with Gasteiger partial charge in [-0.25, -0.2) is 0 Å². The molecule has 2 aromatic rings. The van der Waals surface area contributed by atoms with Crippen LogP contribution in [0.25, 0.3) is 0 Å². The van der Waals surface area contributed by atoms with Gasteiger partial charge in [-0.1, -0.05) is 50.2 Å². The van der Waals surface area contributed by atoms with Crippen LogP contribution in [0.5, 0.6) is 0 Å². The fourth-order valence-corrected chi connectivity index (χ4v) is 4.77. The van der Waals surface area contributed by atoms with Gasteiger partial charge in [0.2, 0.25) is 5.91 Å². The van der Waals surface area contributed by atoms with Crippen molar-refractivity contribution in [2.75, 3.05) is 31.9 Å². The molecule has 0 aliphatic carbocycles. The van der Waals surface area contributed by atoms with E-state index in [0.29, 0.717) is 17.9 Å². The fourth-order valence-electron chi connectivity index (χ4n) is 3.82. The van der Waals surface area contributed by atoms with Gasteiger partial charge in [-0.3, -0.25) is 14.5 Å². The molecule has 166 valence electrons. The molecule has 1 aliphatic rings. The summed E-state index contributed by atoms with van der Waals surface area (Å²) in [4.78, 5) is 30.5. The van der Waals surface area contributed by atoms with Crippen LogP contribution in [-0.4, -0.2) is 53.5 Å². The molecule has 0 unspecified atom stereocenters. The van der Waals surface area contributed by atoms with E-state index < -0.39 is 0 Å². The minimum atomic E-state index is -0.102. The summed E-state index contributed by atoms with van der Waals surface area (Å²) in [6.07, 6.45) is 2.18. The molecule has 0 aromatic heterocycles. The summed E-state index contributed by atoms with van der Waals surface area (Å²) in [6.45, 7) is 9.40. The van der Waals surface area contributed by atoms with E-state index in [4.69, 9.17) is 0 Å². The Morgan fingerprint density at radius 3 is 2.32 bits per heavy atom. The predicted octanol–water partition coefficient (Wildman–Crippen LogP) is 4.17. The molecular formula is C25H33N3O2S. The third kappa shape index (κ3) is 6.58. The number of thioether (sulfide) groups is 1. The Kier molecular flexibility index (Phi) is 8.98. The molecule has 1 saturated heterocycles. The second-order valence-corrected chi connectivity index (χ2v) is 8.80. The number of likely N-dealkylation sites (tertiary alicyclic amines) is 1. The van der Waals surface area contributed by atoms with Crippen LogP contribution >= 0.6 is 11.8 Å². The zero-order valence-electron chi connectivity index (χ0n) is 18.6. The van der Waals surface area contributed by atoms with E-state index in [1.807, 2.05) is 41.3 Å². The minimum Gasteiger partial charge on any atom is -0.348 e. The first-order valence-electron chi connectivity index (χ1n) is 11.2. The van der Waals surface area contributed by atoms with Crippen molar-refractivity contribution in [3.05, 3.63) is 65.2 Å². The Balaban J connectivity index is 1.62. The summed E-state index contributed by atoms with van der Waals surface area (Å²) < 4.78 is 0. The van der Waals surface area contributed by atoms with Gasteiger partial charge in [-0.2, -0.15) is 0 Å². The highest BCUT2D eigenvalue weighted by Gasteiger charge is 2.19. The Labute approximate surface area is 190 Å². The molecule has 1 N–H and O–H groups in total. The fraction of sp³-hybridized carbons (Fsp3) is 0.440. The molecule has 0 spiro atoms. The Morgan fingerprint density at radius 2 is 1.61 bits per heavy atom. The highest BCUT2D eigenvalue weighted by Crippen LogP contribution is 2.24. The topological polar surface area (TPSA) is 52.7 Å². The van der Waals surface area contributed by atoms with Gasteiger partial charge in [0.25, 0.3) is 5.91 Å². The molecule has 3 rings (SSSR count). The van der Waals surface area contributed by atoms with Crippen LogP contribution < -0.4 is 5.32 Å². The lowest BCUT2D eigenvalue weighted by atomic mass is 10.1. The molecule has 6 heteroatoms. The Hall–Kier alpha value is -2.31. The molecule has 2 amide bonds. The van der Waals surface area contributed by atoms with Crippen molar-refractivity contribution in [1.82, 2.24) is 15.1 Å². The maximum atomic E-state index is 13.0. The lowest BCUT2D eigenvalue weighted by Crippen LogP contribution is -2.29. The van der Waals surface area contributed by atoms with E-state index in [1.165, 1.54) is 17.3 Å². The van der Waals surface area contributed by atoms with Gasteiger partial charge < -0.3 is 10.2 Å². The second kappa shape index (κ2) is 11.9. The zero-order valence-corrected chi connectivity index (χ0v) is 19.4. The number of hydrogen-bond donors (Lipinski definition) is 1. The SMILES string of the molecule is CCN(CC)Cc1ccccc1CNC(=O)c1ccccc1SCC(=O)N1CCCC1. The van der Waals surface area contributed by atoms with Crippen LogP contribution in [0.2, 0.25) is 0 Å². The average molecular weight is 440 g/mol. The molecule has 31 heavy (non-hydrogen) atoms. The van der Waals surface area contributed by atoms with Crippen molar-refractivity contribution in [1.29, 1.82) is 0 Å². The molecule has 5 nitrogen and oxygen atoms in total. The van der Waals surface area contributed by atoms with E-state index in [0.717, 1.165) is 56.0 Å². The Morgan fingerprint density at radius 1 is 0.968 bits per heavy atom. The maximum absolute atomic E-state index is 13.0. The third-order valence-corrected chi connectivity index (χ3v) is 6.85. The number of hydrogen-bond acceptors (Lipinski definition) is 4. The van der Waals surface area contributed by atoms with E-state index in [-0.39, 0.29) is 11.8 Å². The third-order valence-electron chi connectivity index (χ3n) is 5.79. The predicted molar refractivity (Wildman–Crippen MR) is 127 cm³/mol. The highest BCUT2D eigenvalue weighted by molar-refractivity contribution is 8.00. The molecule has 1 heterocycles. The number of nitrogens with one attached hydrogen (secondary N) is 1. The Bertz CT molecular complexity index is 877. The largest absolute Gasteiger partial charge is 0.348 e. The van der Waals surface area contributed by atoms with Crippen molar-refractivity contribution in [3.63, 3.8) is 0 Å². The zero-order chi connectivity index (χ0) is 22.1. The van der Waals surface area contributed by atoms with E-state index in [1.54, 1.807) is 0 Å².